The minimum Gasteiger partial charge on any atom is -0.396 e. The lowest BCUT2D eigenvalue weighted by Crippen LogP contribution is -2.00. The lowest BCUT2D eigenvalue weighted by atomic mass is 10.3. The van der Waals surface area contributed by atoms with Gasteiger partial charge in [0.05, 0.1) is 6.61 Å². The summed E-state index contributed by atoms with van der Waals surface area (Å²) in [5.41, 5.74) is 0. The van der Waals surface area contributed by atoms with E-state index in [2.05, 4.69) is 0 Å². The van der Waals surface area contributed by atoms with E-state index in [9.17, 15) is 5.11 Å². The average molecular weight is 133 g/mol. The molecule has 3 nitrogen and oxygen atoms in total. The summed E-state index contributed by atoms with van der Waals surface area (Å²) in [6.45, 7) is 0.939. The van der Waals surface area contributed by atoms with Crippen LogP contribution in [0.5, 0.6) is 0 Å². The van der Waals surface area contributed by atoms with Gasteiger partial charge in [0, 0.05) is 13.2 Å². The highest BCUT2D eigenvalue weighted by Gasteiger charge is 1.86. The second-order valence-electron chi connectivity index (χ2n) is 1.75. The third-order valence-electron chi connectivity index (χ3n) is 0.924. The molecule has 0 saturated carbocycles. The predicted octanol–water partition coefficient (Wildman–Crippen LogP) is 0.206. The molecule has 0 rings (SSSR count). The molecule has 1 N–H and O–H groups in total. The molecule has 9 heavy (non-hydrogen) atoms. The maximum atomic E-state index is 9.79. The Morgan fingerprint density at radius 1 is 1.22 bits per heavy atom. The van der Waals surface area contributed by atoms with Gasteiger partial charge in [0.25, 0.3) is 0 Å². The molecule has 0 saturated heterocycles. The minimum absolute atomic E-state index is 0.168. The fraction of sp³-hybridized carbons (Fsp3) is 1.00. The van der Waals surface area contributed by atoms with Crippen molar-refractivity contribution in [3.63, 3.8) is 0 Å². The van der Waals surface area contributed by atoms with Crippen LogP contribution in [0.25, 0.3) is 0 Å². The third-order valence-corrected chi connectivity index (χ3v) is 0.924. The lowest BCUT2D eigenvalue weighted by Gasteiger charge is -1.98. The van der Waals surface area contributed by atoms with Gasteiger partial charge in [-0.1, -0.05) is 0 Å². The van der Waals surface area contributed by atoms with Crippen molar-refractivity contribution < 1.29 is 14.9 Å². The van der Waals surface area contributed by atoms with E-state index in [1.54, 1.807) is 0 Å². The first-order valence-corrected chi connectivity index (χ1v) is 3.18. The minimum atomic E-state index is -0.168. The number of ether oxygens (including phenoxy) is 1. The van der Waals surface area contributed by atoms with Crippen molar-refractivity contribution in [2.75, 3.05) is 26.4 Å². The predicted molar refractivity (Wildman–Crippen MR) is 32.7 cm³/mol. The molecule has 3 heteroatoms. The van der Waals surface area contributed by atoms with E-state index in [1.165, 1.54) is 0 Å². The molecule has 0 aromatic heterocycles. The van der Waals surface area contributed by atoms with Crippen molar-refractivity contribution >= 4 is 0 Å². The zero-order valence-corrected chi connectivity index (χ0v) is 5.51. The standard InChI is InChI=1S/C6H13O3/c7-3-1-2-5-9-6-4-8/h7H,1-6H2. The normalized spacial score (nSPS) is 10.0. The van der Waals surface area contributed by atoms with Crippen LogP contribution in [-0.4, -0.2) is 31.5 Å². The Morgan fingerprint density at radius 2 is 2.00 bits per heavy atom. The average Bonchev–Trinajstić information content (AvgIpc) is 1.89. The van der Waals surface area contributed by atoms with Crippen LogP contribution in [0, 0.1) is 0 Å². The molecule has 0 amide bonds. The topological polar surface area (TPSA) is 49.4 Å². The van der Waals surface area contributed by atoms with E-state index in [0.29, 0.717) is 13.2 Å². The zero-order chi connectivity index (χ0) is 6.95. The van der Waals surface area contributed by atoms with Crippen LogP contribution in [-0.2, 0) is 9.84 Å². The molecule has 1 radical (unpaired) electrons. The molecular formula is C6H13O3. The van der Waals surface area contributed by atoms with Crippen molar-refractivity contribution in [1.82, 2.24) is 0 Å². The Balaban J connectivity index is 2.60. The van der Waals surface area contributed by atoms with Crippen molar-refractivity contribution in [3.05, 3.63) is 0 Å². The lowest BCUT2D eigenvalue weighted by molar-refractivity contribution is 0.0604. The number of rotatable bonds is 6. The number of hydrogen-bond acceptors (Lipinski definition) is 2. The van der Waals surface area contributed by atoms with E-state index in [1.807, 2.05) is 0 Å². The summed E-state index contributed by atoms with van der Waals surface area (Å²) < 4.78 is 4.86. The van der Waals surface area contributed by atoms with Crippen molar-refractivity contribution in [3.8, 4) is 0 Å². The quantitative estimate of drug-likeness (QED) is 0.526. The van der Waals surface area contributed by atoms with Crippen LogP contribution in [0.15, 0.2) is 0 Å². The molecule has 0 aliphatic heterocycles. The van der Waals surface area contributed by atoms with Gasteiger partial charge in [-0.3, -0.25) is 0 Å². The molecular weight excluding hydrogens is 120 g/mol. The fourth-order valence-corrected chi connectivity index (χ4v) is 0.477. The highest BCUT2D eigenvalue weighted by Crippen LogP contribution is 1.87. The number of aliphatic hydroxyl groups excluding tert-OH is 1. The monoisotopic (exact) mass is 133 g/mol. The van der Waals surface area contributed by atoms with E-state index >= 15 is 0 Å². The van der Waals surface area contributed by atoms with Gasteiger partial charge in [-0.2, -0.15) is 0 Å². The first kappa shape index (κ1) is 8.88. The summed E-state index contributed by atoms with van der Waals surface area (Å²) in [5, 5.41) is 18.1. The largest absolute Gasteiger partial charge is 0.396 e. The van der Waals surface area contributed by atoms with Gasteiger partial charge in [-0.05, 0) is 12.8 Å². The van der Waals surface area contributed by atoms with E-state index < -0.39 is 0 Å². The van der Waals surface area contributed by atoms with Crippen molar-refractivity contribution in [2.24, 2.45) is 0 Å². The fourth-order valence-electron chi connectivity index (χ4n) is 0.477. The summed E-state index contributed by atoms with van der Waals surface area (Å²) in [6.07, 6.45) is 1.61. The summed E-state index contributed by atoms with van der Waals surface area (Å²) in [7, 11) is 0. The molecule has 0 spiro atoms. The second kappa shape index (κ2) is 7.88. The maximum Gasteiger partial charge on any atom is 0.106 e. The highest BCUT2D eigenvalue weighted by molar-refractivity contribution is 4.35. The molecule has 0 aromatic carbocycles. The van der Waals surface area contributed by atoms with Gasteiger partial charge in [-0.25, -0.2) is 5.11 Å². The molecule has 0 aliphatic rings. The third kappa shape index (κ3) is 7.88. The molecule has 0 atom stereocenters. The van der Waals surface area contributed by atoms with Crippen LogP contribution in [0.2, 0.25) is 0 Å². The smallest absolute Gasteiger partial charge is 0.106 e. The van der Waals surface area contributed by atoms with Crippen LogP contribution in [0.4, 0.5) is 0 Å². The van der Waals surface area contributed by atoms with Crippen molar-refractivity contribution in [2.45, 2.75) is 12.8 Å². The second-order valence-corrected chi connectivity index (χ2v) is 1.75. The van der Waals surface area contributed by atoms with Crippen LogP contribution < -0.4 is 0 Å². The number of unbranched alkanes of at least 4 members (excludes halogenated alkanes) is 1. The molecule has 0 heterocycles. The summed E-state index contributed by atoms with van der Waals surface area (Å²) in [4.78, 5) is 0. The Labute approximate surface area is 55.3 Å². The van der Waals surface area contributed by atoms with Gasteiger partial charge in [0.1, 0.15) is 6.61 Å². The summed E-state index contributed by atoms with van der Waals surface area (Å²) in [6, 6.07) is 0. The maximum absolute atomic E-state index is 9.79. The van der Waals surface area contributed by atoms with E-state index in [4.69, 9.17) is 9.84 Å². The first-order chi connectivity index (χ1) is 4.41. The van der Waals surface area contributed by atoms with Gasteiger partial charge >= 0.3 is 0 Å². The Morgan fingerprint density at radius 3 is 2.56 bits per heavy atom. The Hall–Kier alpha value is -0.120. The van der Waals surface area contributed by atoms with Gasteiger partial charge in [-0.15, -0.1) is 0 Å². The van der Waals surface area contributed by atoms with Crippen LogP contribution in [0.1, 0.15) is 12.8 Å². The SMILES string of the molecule is [O]CCOCCCCO. The Kier molecular flexibility index (Phi) is 7.77. The van der Waals surface area contributed by atoms with Crippen LogP contribution in [0.3, 0.4) is 0 Å². The highest BCUT2D eigenvalue weighted by atomic mass is 16.5. The summed E-state index contributed by atoms with van der Waals surface area (Å²) >= 11 is 0. The van der Waals surface area contributed by atoms with Gasteiger partial charge in [0.15, 0.2) is 0 Å². The van der Waals surface area contributed by atoms with Gasteiger partial charge in [0.2, 0.25) is 0 Å². The van der Waals surface area contributed by atoms with Gasteiger partial charge < -0.3 is 9.84 Å². The summed E-state index contributed by atoms with van der Waals surface area (Å²) in [5.74, 6) is 0. The van der Waals surface area contributed by atoms with Crippen molar-refractivity contribution in [1.29, 1.82) is 0 Å². The zero-order valence-electron chi connectivity index (χ0n) is 5.51. The first-order valence-electron chi connectivity index (χ1n) is 3.18. The number of aliphatic hydroxyl groups is 1. The van der Waals surface area contributed by atoms with Crippen LogP contribution >= 0.6 is 0 Å². The van der Waals surface area contributed by atoms with E-state index in [-0.39, 0.29) is 13.2 Å². The number of hydrogen-bond donors (Lipinski definition) is 1. The molecule has 55 valence electrons. The molecule has 0 fully saturated rings. The molecule has 0 unspecified atom stereocenters. The van der Waals surface area contributed by atoms with E-state index in [0.717, 1.165) is 12.8 Å². The molecule has 0 aliphatic carbocycles. The molecule has 0 aromatic rings. The Bertz CT molecular complexity index is 41.6. The molecule has 0 bridgehead atoms.